The maximum absolute atomic E-state index is 13.3. The molecule has 2 aromatic carbocycles. The summed E-state index contributed by atoms with van der Waals surface area (Å²) in [7, 11) is -3.12. The minimum atomic E-state index is -4.38. The van der Waals surface area contributed by atoms with Crippen molar-refractivity contribution in [2.45, 2.75) is 39.2 Å². The third-order valence-electron chi connectivity index (χ3n) is 5.55. The molecule has 0 saturated carbocycles. The Labute approximate surface area is 214 Å². The molecule has 1 heterocycles. The van der Waals surface area contributed by atoms with Crippen molar-refractivity contribution >= 4 is 39.2 Å². The van der Waals surface area contributed by atoms with Gasteiger partial charge in [-0.05, 0) is 49.4 Å². The first kappa shape index (κ1) is 27.3. The highest BCUT2D eigenvalue weighted by Gasteiger charge is 2.31. The molecule has 2 unspecified atom stereocenters. The summed E-state index contributed by atoms with van der Waals surface area (Å²) in [5.41, 5.74) is 3.81. The van der Waals surface area contributed by atoms with Gasteiger partial charge in [0.1, 0.15) is 10.9 Å². The molecule has 192 valence electrons. The zero-order chi connectivity index (χ0) is 26.3. The molecule has 3 aromatic rings. The average Bonchev–Trinajstić information content (AvgIpc) is 3.32. The van der Waals surface area contributed by atoms with Crippen molar-refractivity contribution in [2.75, 3.05) is 11.8 Å². The summed E-state index contributed by atoms with van der Waals surface area (Å²) in [5, 5.41) is 5.60. The van der Waals surface area contributed by atoms with E-state index in [1.54, 1.807) is 12.1 Å². The molecule has 2 atom stereocenters. The molecule has 0 bridgehead atoms. The number of methoxy groups -OCH3 is 1. The molecule has 1 aromatic heterocycles. The van der Waals surface area contributed by atoms with Gasteiger partial charge in [-0.3, -0.25) is 18.9 Å². The van der Waals surface area contributed by atoms with Crippen LogP contribution in [0.3, 0.4) is 0 Å². The maximum Gasteiger partial charge on any atom is 0.357 e. The first-order chi connectivity index (χ1) is 17.1. The highest BCUT2D eigenvalue weighted by Crippen LogP contribution is 2.25. The number of hydrogen-bond acceptors (Lipinski definition) is 7. The molecule has 0 spiro atoms. The van der Waals surface area contributed by atoms with Gasteiger partial charge in [0, 0.05) is 5.38 Å². The van der Waals surface area contributed by atoms with Crippen molar-refractivity contribution in [1.29, 1.82) is 0 Å². The van der Waals surface area contributed by atoms with Crippen LogP contribution in [0.1, 0.15) is 40.4 Å². The van der Waals surface area contributed by atoms with E-state index in [-0.39, 0.29) is 12.1 Å². The van der Waals surface area contributed by atoms with Crippen molar-refractivity contribution in [2.24, 2.45) is 5.92 Å². The van der Waals surface area contributed by atoms with Crippen LogP contribution in [0, 0.1) is 12.8 Å². The molecule has 9 nitrogen and oxygen atoms in total. The molecule has 0 aliphatic carbocycles. The van der Waals surface area contributed by atoms with Crippen LogP contribution in [0.5, 0.6) is 0 Å². The number of aryl methyl sites for hydroxylation is 2. The fourth-order valence-electron chi connectivity index (χ4n) is 3.60. The van der Waals surface area contributed by atoms with Crippen LogP contribution in [-0.4, -0.2) is 36.9 Å². The van der Waals surface area contributed by atoms with E-state index in [1.165, 1.54) is 30.6 Å². The Morgan fingerprint density at radius 3 is 2.22 bits per heavy atom. The second kappa shape index (κ2) is 12.1. The molecule has 0 fully saturated rings. The van der Waals surface area contributed by atoms with Crippen LogP contribution in [0.25, 0.3) is 0 Å². The first-order valence-corrected chi connectivity index (χ1v) is 13.6. The second-order valence-corrected chi connectivity index (χ2v) is 10.4. The summed E-state index contributed by atoms with van der Waals surface area (Å²) < 4.78 is 38.0. The Morgan fingerprint density at radius 1 is 1.06 bits per heavy atom. The second-order valence-electron chi connectivity index (χ2n) is 8.34. The highest BCUT2D eigenvalue weighted by atomic mass is 32.2. The molecule has 0 aliphatic heterocycles. The Balaban J connectivity index is 1.83. The Morgan fingerprint density at radius 2 is 1.67 bits per heavy atom. The zero-order valence-corrected chi connectivity index (χ0v) is 21.9. The SMILES string of the molecule is CCc1csc(C(Cc2ccc(NS(=O)(=O)O)cc2)NC(=O)C(Cc2ccc(C)cc2)C(=O)OC)n1. The lowest BCUT2D eigenvalue weighted by molar-refractivity contribution is -0.150. The molecular formula is C25H29N3O6S2. The largest absolute Gasteiger partial charge is 0.468 e. The summed E-state index contributed by atoms with van der Waals surface area (Å²) >= 11 is 1.42. The minimum Gasteiger partial charge on any atom is -0.468 e. The summed E-state index contributed by atoms with van der Waals surface area (Å²) in [4.78, 5) is 30.5. The van der Waals surface area contributed by atoms with E-state index >= 15 is 0 Å². The number of anilines is 1. The van der Waals surface area contributed by atoms with E-state index in [9.17, 15) is 18.0 Å². The molecule has 3 N–H and O–H groups in total. The fourth-order valence-corrected chi connectivity index (χ4v) is 4.98. The van der Waals surface area contributed by atoms with Gasteiger partial charge in [-0.2, -0.15) is 8.42 Å². The third kappa shape index (κ3) is 7.87. The summed E-state index contributed by atoms with van der Waals surface area (Å²) in [6.45, 7) is 3.95. The standard InChI is InChI=1S/C25H29N3O6S2/c1-4-19-15-35-24(26-19)22(14-18-9-11-20(12-10-18)28-36(31,32)33)27-23(29)21(25(30)34-3)13-17-7-5-16(2)6-8-17/h5-12,15,21-22,28H,4,13-14H2,1-3H3,(H,27,29)(H,31,32,33). The van der Waals surface area contributed by atoms with Gasteiger partial charge in [-0.1, -0.05) is 48.9 Å². The Hall–Kier alpha value is -3.28. The van der Waals surface area contributed by atoms with Gasteiger partial charge in [0.2, 0.25) is 5.91 Å². The number of thiazole rings is 1. The molecule has 0 aliphatic rings. The number of hydrogen-bond donors (Lipinski definition) is 3. The third-order valence-corrected chi connectivity index (χ3v) is 7.05. The zero-order valence-electron chi connectivity index (χ0n) is 20.2. The number of benzene rings is 2. The van der Waals surface area contributed by atoms with Crippen LogP contribution in [0.4, 0.5) is 5.69 Å². The molecular weight excluding hydrogens is 502 g/mol. The van der Waals surface area contributed by atoms with Crippen LogP contribution >= 0.6 is 11.3 Å². The number of nitrogens with zero attached hydrogens (tertiary/aromatic N) is 1. The predicted molar refractivity (Wildman–Crippen MR) is 138 cm³/mol. The summed E-state index contributed by atoms with van der Waals surface area (Å²) in [5.74, 6) is -2.13. The lowest BCUT2D eigenvalue weighted by Gasteiger charge is -2.21. The van der Waals surface area contributed by atoms with Gasteiger partial charge in [0.05, 0.1) is 24.5 Å². The molecule has 0 radical (unpaired) electrons. The van der Waals surface area contributed by atoms with Crippen molar-refractivity contribution in [3.63, 3.8) is 0 Å². The quantitative estimate of drug-likeness (QED) is 0.195. The topological polar surface area (TPSA) is 135 Å². The number of esters is 1. The monoisotopic (exact) mass is 531 g/mol. The van der Waals surface area contributed by atoms with Crippen LogP contribution in [-0.2, 0) is 43.9 Å². The molecule has 0 saturated heterocycles. The van der Waals surface area contributed by atoms with Gasteiger partial charge in [0.15, 0.2) is 0 Å². The maximum atomic E-state index is 13.3. The normalized spacial score (nSPS) is 13.0. The lowest BCUT2D eigenvalue weighted by atomic mass is 9.97. The van der Waals surface area contributed by atoms with Crippen molar-refractivity contribution in [3.05, 3.63) is 81.3 Å². The summed E-state index contributed by atoms with van der Waals surface area (Å²) in [6, 6.07) is 13.5. The molecule has 11 heteroatoms. The van der Waals surface area contributed by atoms with E-state index in [1.807, 2.05) is 48.2 Å². The van der Waals surface area contributed by atoms with Gasteiger partial charge in [0.25, 0.3) is 0 Å². The Kier molecular flexibility index (Phi) is 9.19. The lowest BCUT2D eigenvalue weighted by Crippen LogP contribution is -2.40. The van der Waals surface area contributed by atoms with Crippen LogP contribution in [0.2, 0.25) is 0 Å². The smallest absolute Gasteiger partial charge is 0.357 e. The molecule has 36 heavy (non-hydrogen) atoms. The molecule has 3 rings (SSSR count). The number of carbonyl (C=O) groups excluding carboxylic acids is 2. The number of rotatable bonds is 11. The van der Waals surface area contributed by atoms with Crippen molar-refractivity contribution in [1.82, 2.24) is 10.3 Å². The molecule has 1 amide bonds. The van der Waals surface area contributed by atoms with Gasteiger partial charge >= 0.3 is 16.3 Å². The number of nitrogens with one attached hydrogen (secondary N) is 2. The number of amides is 1. The predicted octanol–water partition coefficient (Wildman–Crippen LogP) is 3.66. The summed E-state index contributed by atoms with van der Waals surface area (Å²) in [6.07, 6.45) is 1.29. The Bertz CT molecular complexity index is 1290. The number of ether oxygens (including phenoxy) is 1. The van der Waals surface area contributed by atoms with E-state index in [0.29, 0.717) is 11.4 Å². The van der Waals surface area contributed by atoms with Crippen molar-refractivity contribution in [3.8, 4) is 0 Å². The van der Waals surface area contributed by atoms with Crippen LogP contribution < -0.4 is 10.0 Å². The van der Waals surface area contributed by atoms with E-state index in [2.05, 4.69) is 10.3 Å². The van der Waals surface area contributed by atoms with Gasteiger partial charge in [-0.25, -0.2) is 4.98 Å². The van der Waals surface area contributed by atoms with E-state index in [4.69, 9.17) is 9.29 Å². The average molecular weight is 532 g/mol. The van der Waals surface area contributed by atoms with E-state index in [0.717, 1.165) is 28.8 Å². The highest BCUT2D eigenvalue weighted by molar-refractivity contribution is 7.87. The van der Waals surface area contributed by atoms with Crippen molar-refractivity contribution < 1.29 is 27.3 Å². The number of carbonyl (C=O) groups is 2. The van der Waals surface area contributed by atoms with E-state index < -0.39 is 34.1 Å². The first-order valence-electron chi connectivity index (χ1n) is 11.3. The van der Waals surface area contributed by atoms with Crippen LogP contribution in [0.15, 0.2) is 53.9 Å². The number of aromatic nitrogens is 1. The minimum absolute atomic E-state index is 0.194. The van der Waals surface area contributed by atoms with Gasteiger partial charge in [-0.15, -0.1) is 11.3 Å². The van der Waals surface area contributed by atoms with Gasteiger partial charge < -0.3 is 10.1 Å². The fraction of sp³-hybridized carbons (Fsp3) is 0.320.